The molecule has 1 aromatic rings. The zero-order valence-corrected chi connectivity index (χ0v) is 19.1. The monoisotopic (exact) mass is 501 g/mol. The number of guanidine groups is 1. The molecule has 0 bridgehead atoms. The molecule has 0 spiro atoms. The van der Waals surface area contributed by atoms with Gasteiger partial charge in [-0.15, -0.1) is 24.0 Å². The molecule has 1 aromatic heterocycles. The van der Waals surface area contributed by atoms with Crippen molar-refractivity contribution in [2.24, 2.45) is 10.9 Å². The molecule has 1 amide bonds. The fourth-order valence-electron chi connectivity index (χ4n) is 3.90. The highest BCUT2D eigenvalue weighted by molar-refractivity contribution is 14.0. The summed E-state index contributed by atoms with van der Waals surface area (Å²) >= 11 is 0. The van der Waals surface area contributed by atoms with E-state index in [0.717, 1.165) is 43.9 Å². The Morgan fingerprint density at radius 3 is 2.71 bits per heavy atom. The molecule has 1 aliphatic heterocycles. The van der Waals surface area contributed by atoms with Crippen LogP contribution in [0, 0.1) is 5.92 Å². The molecular formula is C20H32IN5O2. The van der Waals surface area contributed by atoms with Gasteiger partial charge in [0.15, 0.2) is 5.96 Å². The number of hydrogen-bond donors (Lipinski definition) is 2. The number of ether oxygens (including phenoxy) is 1. The minimum absolute atomic E-state index is 0. The van der Waals surface area contributed by atoms with E-state index in [9.17, 15) is 4.79 Å². The summed E-state index contributed by atoms with van der Waals surface area (Å²) in [6.45, 7) is 2.24. The Balaban J connectivity index is 0.00000280. The van der Waals surface area contributed by atoms with Crippen LogP contribution in [-0.2, 0) is 11.3 Å². The molecule has 0 radical (unpaired) electrons. The average Bonchev–Trinajstić information content (AvgIpc) is 3.20. The largest absolute Gasteiger partial charge is 0.481 e. The number of nitrogens with one attached hydrogen (secondary N) is 2. The Labute approximate surface area is 184 Å². The molecule has 1 aliphatic carbocycles. The van der Waals surface area contributed by atoms with Crippen molar-refractivity contribution < 1.29 is 9.53 Å². The molecule has 28 heavy (non-hydrogen) atoms. The Bertz CT molecular complexity index is 647. The number of hydrogen-bond acceptors (Lipinski definition) is 4. The highest BCUT2D eigenvalue weighted by Gasteiger charge is 2.31. The number of carbonyl (C=O) groups excluding carboxylic acids is 1. The van der Waals surface area contributed by atoms with Crippen LogP contribution in [-0.4, -0.2) is 55.0 Å². The first kappa shape index (κ1) is 22.7. The Hall–Kier alpha value is -1.58. The quantitative estimate of drug-likeness (QED) is 0.369. The van der Waals surface area contributed by atoms with Crippen LogP contribution >= 0.6 is 24.0 Å². The second-order valence-electron chi connectivity index (χ2n) is 7.38. The summed E-state index contributed by atoms with van der Waals surface area (Å²) in [7, 11) is 3.37. The summed E-state index contributed by atoms with van der Waals surface area (Å²) in [6, 6.07) is 4.07. The second-order valence-corrected chi connectivity index (χ2v) is 7.38. The van der Waals surface area contributed by atoms with Crippen LogP contribution in [0.15, 0.2) is 23.3 Å². The lowest BCUT2D eigenvalue weighted by molar-refractivity contribution is -0.135. The van der Waals surface area contributed by atoms with Crippen molar-refractivity contribution in [3.05, 3.63) is 23.9 Å². The summed E-state index contributed by atoms with van der Waals surface area (Å²) in [5.41, 5.74) is 1.05. The van der Waals surface area contributed by atoms with Crippen LogP contribution in [0.3, 0.4) is 0 Å². The van der Waals surface area contributed by atoms with E-state index in [2.05, 4.69) is 20.6 Å². The minimum Gasteiger partial charge on any atom is -0.481 e. The lowest BCUT2D eigenvalue weighted by Gasteiger charge is -2.26. The van der Waals surface area contributed by atoms with Crippen molar-refractivity contribution in [1.82, 2.24) is 20.5 Å². The first-order valence-electron chi connectivity index (χ1n) is 9.94. The first-order chi connectivity index (χ1) is 13.2. The predicted octanol–water partition coefficient (Wildman–Crippen LogP) is 2.55. The third-order valence-corrected chi connectivity index (χ3v) is 5.49. The second kappa shape index (κ2) is 11.4. The van der Waals surface area contributed by atoms with Crippen molar-refractivity contribution in [2.75, 3.05) is 27.2 Å². The van der Waals surface area contributed by atoms with E-state index in [0.29, 0.717) is 18.3 Å². The van der Waals surface area contributed by atoms with Gasteiger partial charge in [-0.3, -0.25) is 9.79 Å². The van der Waals surface area contributed by atoms with Crippen LogP contribution < -0.4 is 15.4 Å². The minimum atomic E-state index is 0. The number of rotatable bonds is 5. The fourth-order valence-corrected chi connectivity index (χ4v) is 3.90. The van der Waals surface area contributed by atoms with Gasteiger partial charge in [-0.05, 0) is 24.8 Å². The SMILES string of the molecule is CN=C(NCc1ccc(OC)nc1)NC1CCN(C(=O)C2CCCCC2)C1.I. The molecule has 2 N–H and O–H groups in total. The van der Waals surface area contributed by atoms with E-state index in [4.69, 9.17) is 4.74 Å². The van der Waals surface area contributed by atoms with Crippen LogP contribution in [0.2, 0.25) is 0 Å². The molecule has 1 saturated heterocycles. The van der Waals surface area contributed by atoms with Gasteiger partial charge in [0.05, 0.1) is 7.11 Å². The molecular weight excluding hydrogens is 469 g/mol. The maximum absolute atomic E-state index is 12.7. The van der Waals surface area contributed by atoms with E-state index in [1.807, 2.05) is 17.0 Å². The van der Waals surface area contributed by atoms with E-state index in [-0.39, 0.29) is 35.9 Å². The number of pyridine rings is 1. The molecule has 156 valence electrons. The van der Waals surface area contributed by atoms with Crippen LogP contribution in [0.5, 0.6) is 5.88 Å². The molecule has 0 aromatic carbocycles. The molecule has 2 heterocycles. The number of amides is 1. The molecule has 2 fully saturated rings. The van der Waals surface area contributed by atoms with Crippen LogP contribution in [0.4, 0.5) is 0 Å². The van der Waals surface area contributed by atoms with Crippen LogP contribution in [0.25, 0.3) is 0 Å². The Morgan fingerprint density at radius 1 is 1.29 bits per heavy atom. The van der Waals surface area contributed by atoms with Gasteiger partial charge < -0.3 is 20.3 Å². The summed E-state index contributed by atoms with van der Waals surface area (Å²) in [4.78, 5) is 23.3. The fraction of sp³-hybridized carbons (Fsp3) is 0.650. The number of aromatic nitrogens is 1. The normalized spacial score (nSPS) is 20.4. The van der Waals surface area contributed by atoms with Gasteiger partial charge in [-0.25, -0.2) is 4.98 Å². The van der Waals surface area contributed by atoms with Crippen molar-refractivity contribution >= 4 is 35.8 Å². The number of carbonyl (C=O) groups is 1. The first-order valence-corrected chi connectivity index (χ1v) is 9.94. The molecule has 8 heteroatoms. The summed E-state index contributed by atoms with van der Waals surface area (Å²) in [5.74, 6) is 1.96. The van der Waals surface area contributed by atoms with Crippen molar-refractivity contribution in [3.63, 3.8) is 0 Å². The van der Waals surface area contributed by atoms with Gasteiger partial charge in [-0.1, -0.05) is 25.3 Å². The van der Waals surface area contributed by atoms with Gasteiger partial charge in [-0.2, -0.15) is 0 Å². The number of halogens is 1. The summed E-state index contributed by atoms with van der Waals surface area (Å²) < 4.78 is 5.08. The molecule has 1 saturated carbocycles. The van der Waals surface area contributed by atoms with Crippen molar-refractivity contribution in [3.8, 4) is 5.88 Å². The maximum Gasteiger partial charge on any atom is 0.225 e. The summed E-state index contributed by atoms with van der Waals surface area (Å²) in [5, 5.41) is 6.76. The lowest BCUT2D eigenvalue weighted by Crippen LogP contribution is -2.45. The number of likely N-dealkylation sites (tertiary alicyclic amines) is 1. The zero-order chi connectivity index (χ0) is 19.1. The summed E-state index contributed by atoms with van der Waals surface area (Å²) in [6.07, 6.45) is 8.55. The topological polar surface area (TPSA) is 78.9 Å². The van der Waals surface area contributed by atoms with E-state index >= 15 is 0 Å². The van der Waals surface area contributed by atoms with Gasteiger partial charge in [0, 0.05) is 50.9 Å². The van der Waals surface area contributed by atoms with Gasteiger partial charge in [0.25, 0.3) is 0 Å². The molecule has 2 aliphatic rings. The van der Waals surface area contributed by atoms with E-state index in [1.165, 1.54) is 19.3 Å². The molecule has 7 nitrogen and oxygen atoms in total. The standard InChI is InChI=1S/C20H31N5O2.HI/c1-21-20(23-13-15-8-9-18(27-2)22-12-15)24-17-10-11-25(14-17)19(26)16-6-4-3-5-7-16;/h8-9,12,16-17H,3-7,10-11,13-14H2,1-2H3,(H2,21,23,24);1H. The molecule has 1 atom stereocenters. The van der Waals surface area contributed by atoms with Gasteiger partial charge in [0.2, 0.25) is 11.8 Å². The Morgan fingerprint density at radius 2 is 2.07 bits per heavy atom. The predicted molar refractivity (Wildman–Crippen MR) is 121 cm³/mol. The Kier molecular flexibility index (Phi) is 9.27. The average molecular weight is 501 g/mol. The molecule has 1 unspecified atom stereocenters. The van der Waals surface area contributed by atoms with Gasteiger partial charge >= 0.3 is 0 Å². The number of aliphatic imine (C=N–C) groups is 1. The lowest BCUT2D eigenvalue weighted by atomic mass is 9.88. The highest BCUT2D eigenvalue weighted by atomic mass is 127. The number of nitrogens with zero attached hydrogens (tertiary/aromatic N) is 3. The van der Waals surface area contributed by atoms with Gasteiger partial charge in [0.1, 0.15) is 0 Å². The van der Waals surface area contributed by atoms with Crippen molar-refractivity contribution in [1.29, 1.82) is 0 Å². The van der Waals surface area contributed by atoms with E-state index < -0.39 is 0 Å². The molecule has 3 rings (SSSR count). The van der Waals surface area contributed by atoms with Crippen molar-refractivity contribution in [2.45, 2.75) is 51.1 Å². The highest BCUT2D eigenvalue weighted by Crippen LogP contribution is 2.26. The maximum atomic E-state index is 12.7. The third kappa shape index (κ3) is 6.22. The zero-order valence-electron chi connectivity index (χ0n) is 16.8. The van der Waals surface area contributed by atoms with E-state index in [1.54, 1.807) is 20.4 Å². The smallest absolute Gasteiger partial charge is 0.225 e. The van der Waals surface area contributed by atoms with Crippen LogP contribution in [0.1, 0.15) is 44.1 Å². The number of methoxy groups -OCH3 is 1. The third-order valence-electron chi connectivity index (χ3n) is 5.49.